The maximum Gasteiger partial charge on any atom is 0.291 e. The Morgan fingerprint density at radius 3 is 2.67 bits per heavy atom. The first-order valence-corrected chi connectivity index (χ1v) is 8.08. The molecule has 0 bridgehead atoms. The van der Waals surface area contributed by atoms with Crippen LogP contribution < -0.4 is 15.8 Å². The van der Waals surface area contributed by atoms with Gasteiger partial charge in [-0.05, 0) is 24.6 Å². The lowest BCUT2D eigenvalue weighted by atomic mass is 10.2. The molecular weight excluding hydrogens is 314 g/mol. The van der Waals surface area contributed by atoms with Gasteiger partial charge in [0.05, 0.1) is 11.4 Å². The highest BCUT2D eigenvalue weighted by atomic mass is 32.2. The van der Waals surface area contributed by atoms with E-state index in [1.807, 2.05) is 6.92 Å². The summed E-state index contributed by atoms with van der Waals surface area (Å²) in [5, 5.41) is 9.61. The number of nitrogens with one attached hydrogen (secondary N) is 2. The first kappa shape index (κ1) is 15.2. The topological polar surface area (TPSA) is 127 Å². The van der Waals surface area contributed by atoms with Gasteiger partial charge in [-0.15, -0.1) is 10.2 Å². The quantitative estimate of drug-likeness (QED) is 0.572. The fourth-order valence-corrected chi connectivity index (χ4v) is 3.52. The number of hydrogen-bond donors (Lipinski definition) is 3. The molecule has 0 atom stereocenters. The van der Waals surface area contributed by atoms with E-state index < -0.39 is 10.0 Å². The molecule has 0 aliphatic heterocycles. The number of sulfonamides is 1. The SMILES string of the molecule is CC(=O)Nc1nnc(S(=O)(=O)Nc2ccc(C)cc2N)s1. The molecule has 2 rings (SSSR count). The van der Waals surface area contributed by atoms with Gasteiger partial charge in [0.1, 0.15) is 0 Å². The number of hydrogen-bond acceptors (Lipinski definition) is 7. The minimum atomic E-state index is -3.90. The van der Waals surface area contributed by atoms with Crippen molar-refractivity contribution in [3.8, 4) is 0 Å². The average molecular weight is 327 g/mol. The highest BCUT2D eigenvalue weighted by Crippen LogP contribution is 2.25. The lowest BCUT2D eigenvalue weighted by Gasteiger charge is -2.08. The molecule has 1 aromatic carbocycles. The molecule has 0 radical (unpaired) electrons. The van der Waals surface area contributed by atoms with Crippen molar-refractivity contribution in [1.82, 2.24) is 10.2 Å². The van der Waals surface area contributed by atoms with E-state index in [4.69, 9.17) is 5.73 Å². The van der Waals surface area contributed by atoms with E-state index in [9.17, 15) is 13.2 Å². The summed E-state index contributed by atoms with van der Waals surface area (Å²) >= 11 is 0.751. The van der Waals surface area contributed by atoms with E-state index in [0.29, 0.717) is 5.69 Å². The molecule has 1 aromatic heterocycles. The van der Waals surface area contributed by atoms with E-state index in [1.54, 1.807) is 18.2 Å². The predicted octanol–water partition coefficient (Wildman–Crippen LogP) is 1.19. The standard InChI is InChI=1S/C11H13N5O3S2/c1-6-3-4-9(8(12)5-6)16-21(18,19)11-15-14-10(20-11)13-7(2)17/h3-5,16H,12H2,1-2H3,(H,13,14,17). The molecule has 0 aliphatic carbocycles. The number of benzene rings is 1. The molecule has 8 nitrogen and oxygen atoms in total. The Bertz CT molecular complexity index is 785. The smallest absolute Gasteiger partial charge is 0.291 e. The van der Waals surface area contributed by atoms with E-state index in [-0.39, 0.29) is 21.1 Å². The van der Waals surface area contributed by atoms with E-state index >= 15 is 0 Å². The molecule has 1 heterocycles. The molecule has 0 saturated carbocycles. The Morgan fingerprint density at radius 1 is 1.33 bits per heavy atom. The summed E-state index contributed by atoms with van der Waals surface area (Å²) in [6.07, 6.45) is 0. The highest BCUT2D eigenvalue weighted by Gasteiger charge is 2.21. The minimum absolute atomic E-state index is 0.111. The van der Waals surface area contributed by atoms with Gasteiger partial charge in [0.15, 0.2) is 0 Å². The molecule has 112 valence electrons. The molecule has 10 heteroatoms. The monoisotopic (exact) mass is 327 g/mol. The zero-order valence-electron chi connectivity index (χ0n) is 11.2. The molecule has 4 N–H and O–H groups in total. The summed E-state index contributed by atoms with van der Waals surface area (Å²) < 4.78 is 26.4. The highest BCUT2D eigenvalue weighted by molar-refractivity contribution is 7.94. The molecule has 0 aliphatic rings. The molecule has 0 spiro atoms. The van der Waals surface area contributed by atoms with Crippen LogP contribution in [0.2, 0.25) is 0 Å². The van der Waals surface area contributed by atoms with E-state index in [2.05, 4.69) is 20.2 Å². The molecule has 0 fully saturated rings. The largest absolute Gasteiger partial charge is 0.397 e. The molecule has 0 saturated heterocycles. The second-order valence-electron chi connectivity index (χ2n) is 4.25. The van der Waals surface area contributed by atoms with Crippen LogP contribution in [0.25, 0.3) is 0 Å². The van der Waals surface area contributed by atoms with Gasteiger partial charge in [-0.25, -0.2) is 0 Å². The van der Waals surface area contributed by atoms with Crippen LogP contribution in [0.5, 0.6) is 0 Å². The first-order chi connectivity index (χ1) is 9.78. The molecule has 0 unspecified atom stereocenters. The Balaban J connectivity index is 2.25. The average Bonchev–Trinajstić information content (AvgIpc) is 2.81. The maximum absolute atomic E-state index is 12.2. The lowest BCUT2D eigenvalue weighted by molar-refractivity contribution is -0.114. The van der Waals surface area contributed by atoms with Gasteiger partial charge in [-0.3, -0.25) is 9.52 Å². The number of rotatable bonds is 4. The number of carbonyl (C=O) groups is 1. The molecule has 21 heavy (non-hydrogen) atoms. The zero-order valence-corrected chi connectivity index (χ0v) is 12.9. The fourth-order valence-electron chi connectivity index (χ4n) is 1.48. The first-order valence-electron chi connectivity index (χ1n) is 5.78. The van der Waals surface area contributed by atoms with Gasteiger partial charge >= 0.3 is 0 Å². The summed E-state index contributed by atoms with van der Waals surface area (Å²) in [7, 11) is -3.90. The number of nitrogen functional groups attached to an aromatic ring is 1. The van der Waals surface area contributed by atoms with Crippen LogP contribution in [0.4, 0.5) is 16.5 Å². The normalized spacial score (nSPS) is 11.1. The molecular formula is C11H13N5O3S2. The number of anilines is 3. The van der Waals surface area contributed by atoms with Crippen molar-refractivity contribution in [1.29, 1.82) is 0 Å². The second-order valence-corrected chi connectivity index (χ2v) is 7.08. The Labute approximate surface area is 125 Å². The third kappa shape index (κ3) is 3.67. The molecule has 2 aromatic rings. The number of amides is 1. The predicted molar refractivity (Wildman–Crippen MR) is 80.6 cm³/mol. The Hall–Kier alpha value is -2.20. The Kier molecular flexibility index (Phi) is 4.09. The number of nitrogens with two attached hydrogens (primary N) is 1. The number of aromatic nitrogens is 2. The summed E-state index contributed by atoms with van der Waals surface area (Å²) in [5.74, 6) is -0.356. The van der Waals surface area contributed by atoms with Crippen molar-refractivity contribution in [2.75, 3.05) is 15.8 Å². The van der Waals surface area contributed by atoms with Crippen molar-refractivity contribution in [3.63, 3.8) is 0 Å². The number of carbonyl (C=O) groups excluding carboxylic acids is 1. The van der Waals surface area contributed by atoms with Crippen molar-refractivity contribution >= 4 is 43.8 Å². The third-order valence-electron chi connectivity index (χ3n) is 2.37. The van der Waals surface area contributed by atoms with Crippen molar-refractivity contribution in [2.24, 2.45) is 0 Å². The van der Waals surface area contributed by atoms with Crippen molar-refractivity contribution < 1.29 is 13.2 Å². The van der Waals surface area contributed by atoms with Crippen molar-refractivity contribution in [3.05, 3.63) is 23.8 Å². The van der Waals surface area contributed by atoms with Gasteiger partial charge in [0.2, 0.25) is 11.0 Å². The van der Waals surface area contributed by atoms with Gasteiger partial charge in [-0.2, -0.15) is 8.42 Å². The molecule has 1 amide bonds. The van der Waals surface area contributed by atoms with Crippen LogP contribution in [0, 0.1) is 6.92 Å². The Morgan fingerprint density at radius 2 is 2.05 bits per heavy atom. The summed E-state index contributed by atoms with van der Waals surface area (Å²) in [4.78, 5) is 10.9. The van der Waals surface area contributed by atoms with Crippen LogP contribution >= 0.6 is 11.3 Å². The summed E-state index contributed by atoms with van der Waals surface area (Å²) in [6, 6.07) is 4.95. The van der Waals surface area contributed by atoms with Gasteiger partial charge in [-0.1, -0.05) is 17.4 Å². The summed E-state index contributed by atoms with van der Waals surface area (Å²) in [5.41, 5.74) is 7.25. The van der Waals surface area contributed by atoms with Crippen LogP contribution in [0.15, 0.2) is 22.5 Å². The maximum atomic E-state index is 12.2. The number of aryl methyl sites for hydroxylation is 1. The van der Waals surface area contributed by atoms with Crippen molar-refractivity contribution in [2.45, 2.75) is 18.2 Å². The van der Waals surface area contributed by atoms with E-state index in [0.717, 1.165) is 16.9 Å². The summed E-state index contributed by atoms with van der Waals surface area (Å²) in [6.45, 7) is 3.14. The fraction of sp³-hybridized carbons (Fsp3) is 0.182. The van der Waals surface area contributed by atoms with Gasteiger partial charge in [0, 0.05) is 6.92 Å². The van der Waals surface area contributed by atoms with Crippen LogP contribution in [-0.4, -0.2) is 24.5 Å². The lowest BCUT2D eigenvalue weighted by Crippen LogP contribution is -2.14. The third-order valence-corrected chi connectivity index (χ3v) is 4.94. The zero-order chi connectivity index (χ0) is 15.6. The minimum Gasteiger partial charge on any atom is -0.397 e. The second kappa shape index (κ2) is 5.66. The van der Waals surface area contributed by atoms with E-state index in [1.165, 1.54) is 6.92 Å². The van der Waals surface area contributed by atoms with Crippen LogP contribution in [0.3, 0.4) is 0 Å². The van der Waals surface area contributed by atoms with Gasteiger partial charge < -0.3 is 11.1 Å². The van der Waals surface area contributed by atoms with Crippen LogP contribution in [0.1, 0.15) is 12.5 Å². The van der Waals surface area contributed by atoms with Crippen LogP contribution in [-0.2, 0) is 14.8 Å². The van der Waals surface area contributed by atoms with Gasteiger partial charge in [0.25, 0.3) is 14.4 Å². The number of nitrogens with zero attached hydrogens (tertiary/aromatic N) is 2.